The highest BCUT2D eigenvalue weighted by Crippen LogP contribution is 2.21. The Labute approximate surface area is 130 Å². The predicted octanol–water partition coefficient (Wildman–Crippen LogP) is 4.30. The van der Waals surface area contributed by atoms with Gasteiger partial charge in [0.05, 0.1) is 4.92 Å². The van der Waals surface area contributed by atoms with Crippen molar-refractivity contribution in [3.05, 3.63) is 73.2 Å². The zero-order valence-electron chi connectivity index (χ0n) is 10.5. The number of nitrogens with zero attached hydrogens (tertiary/aromatic N) is 1. The fourth-order valence-corrected chi connectivity index (χ4v) is 2.34. The van der Waals surface area contributed by atoms with Crippen LogP contribution in [-0.4, -0.2) is 4.92 Å². The van der Waals surface area contributed by atoms with Crippen molar-refractivity contribution < 1.29 is 4.92 Å². The predicted molar refractivity (Wildman–Crippen MR) is 82.8 cm³/mol. The van der Waals surface area contributed by atoms with Gasteiger partial charge in [0, 0.05) is 34.7 Å². The van der Waals surface area contributed by atoms with Crippen LogP contribution in [0, 0.1) is 10.1 Å². The SMILES string of the molecule is O=[N+]([O-])c1ccc(CNCc2cc(Cl)ccc2Br)cc1. The number of nitro groups is 1. The lowest BCUT2D eigenvalue weighted by atomic mass is 10.2. The van der Waals surface area contributed by atoms with Crippen LogP contribution in [0.4, 0.5) is 5.69 Å². The van der Waals surface area contributed by atoms with Crippen LogP contribution in [0.15, 0.2) is 46.9 Å². The molecule has 0 radical (unpaired) electrons. The summed E-state index contributed by atoms with van der Waals surface area (Å²) in [5, 5.41) is 14.5. The van der Waals surface area contributed by atoms with Crippen LogP contribution in [0.3, 0.4) is 0 Å². The Morgan fingerprint density at radius 1 is 1.15 bits per heavy atom. The molecule has 0 unspecified atom stereocenters. The quantitative estimate of drug-likeness (QED) is 0.642. The van der Waals surface area contributed by atoms with E-state index in [1.807, 2.05) is 18.2 Å². The largest absolute Gasteiger partial charge is 0.309 e. The van der Waals surface area contributed by atoms with Gasteiger partial charge in [0.25, 0.3) is 5.69 Å². The second-order valence-electron chi connectivity index (χ2n) is 4.26. The van der Waals surface area contributed by atoms with E-state index in [4.69, 9.17) is 11.6 Å². The Kier molecular flexibility index (Phi) is 5.11. The van der Waals surface area contributed by atoms with E-state index in [0.717, 1.165) is 15.6 Å². The molecule has 0 amide bonds. The number of nitro benzene ring substituents is 1. The van der Waals surface area contributed by atoms with Gasteiger partial charge in [-0.05, 0) is 29.3 Å². The maximum atomic E-state index is 10.6. The third kappa shape index (κ3) is 4.03. The van der Waals surface area contributed by atoms with E-state index in [2.05, 4.69) is 21.2 Å². The van der Waals surface area contributed by atoms with E-state index in [1.165, 1.54) is 12.1 Å². The molecule has 0 saturated carbocycles. The lowest BCUT2D eigenvalue weighted by molar-refractivity contribution is -0.384. The molecule has 0 atom stereocenters. The molecule has 2 aromatic carbocycles. The van der Waals surface area contributed by atoms with E-state index in [-0.39, 0.29) is 5.69 Å². The molecule has 0 fully saturated rings. The van der Waals surface area contributed by atoms with E-state index in [1.54, 1.807) is 12.1 Å². The molecule has 6 heteroatoms. The number of non-ortho nitro benzene ring substituents is 1. The number of hydrogen-bond acceptors (Lipinski definition) is 3. The Morgan fingerprint density at radius 3 is 2.50 bits per heavy atom. The maximum absolute atomic E-state index is 10.6. The van der Waals surface area contributed by atoms with Crippen LogP contribution < -0.4 is 5.32 Å². The molecule has 0 saturated heterocycles. The topological polar surface area (TPSA) is 55.2 Å². The highest BCUT2D eigenvalue weighted by molar-refractivity contribution is 9.10. The normalized spacial score (nSPS) is 10.5. The first-order valence-corrected chi connectivity index (χ1v) is 7.11. The van der Waals surface area contributed by atoms with E-state index < -0.39 is 4.92 Å². The Hall–Kier alpha value is -1.43. The van der Waals surface area contributed by atoms with Crippen molar-refractivity contribution >= 4 is 33.2 Å². The number of rotatable bonds is 5. The van der Waals surface area contributed by atoms with Gasteiger partial charge in [-0.3, -0.25) is 10.1 Å². The fraction of sp³-hybridized carbons (Fsp3) is 0.143. The van der Waals surface area contributed by atoms with Crippen molar-refractivity contribution in [3.8, 4) is 0 Å². The van der Waals surface area contributed by atoms with Crippen molar-refractivity contribution in [2.75, 3.05) is 0 Å². The fourth-order valence-electron chi connectivity index (χ4n) is 1.76. The van der Waals surface area contributed by atoms with Crippen molar-refractivity contribution in [2.24, 2.45) is 0 Å². The number of hydrogen-bond donors (Lipinski definition) is 1. The van der Waals surface area contributed by atoms with E-state index in [9.17, 15) is 10.1 Å². The summed E-state index contributed by atoms with van der Waals surface area (Å²) in [5.74, 6) is 0. The molecule has 2 rings (SSSR count). The summed E-state index contributed by atoms with van der Waals surface area (Å²) >= 11 is 9.42. The van der Waals surface area contributed by atoms with Crippen molar-refractivity contribution in [1.29, 1.82) is 0 Å². The smallest absolute Gasteiger partial charge is 0.269 e. The van der Waals surface area contributed by atoms with Crippen LogP contribution in [-0.2, 0) is 13.1 Å². The molecule has 0 aromatic heterocycles. The van der Waals surface area contributed by atoms with Gasteiger partial charge in [0.1, 0.15) is 0 Å². The molecule has 0 heterocycles. The minimum absolute atomic E-state index is 0.103. The summed E-state index contributed by atoms with van der Waals surface area (Å²) < 4.78 is 0.998. The van der Waals surface area contributed by atoms with Gasteiger partial charge in [0.15, 0.2) is 0 Å². The molecule has 0 aliphatic rings. The number of halogens is 2. The molecule has 0 aliphatic heterocycles. The first-order valence-electron chi connectivity index (χ1n) is 5.94. The lowest BCUT2D eigenvalue weighted by Gasteiger charge is -2.07. The molecular formula is C14H12BrClN2O2. The minimum atomic E-state index is -0.402. The molecule has 104 valence electrons. The number of benzene rings is 2. The zero-order chi connectivity index (χ0) is 14.5. The highest BCUT2D eigenvalue weighted by Gasteiger charge is 2.04. The standard InChI is InChI=1S/C14H12BrClN2O2/c15-14-6-3-12(16)7-11(14)9-17-8-10-1-4-13(5-2-10)18(19)20/h1-7,17H,8-9H2. The number of nitrogens with one attached hydrogen (secondary N) is 1. The summed E-state index contributed by atoms with van der Waals surface area (Å²) in [6, 6.07) is 12.1. The van der Waals surface area contributed by atoms with Gasteiger partial charge >= 0.3 is 0 Å². The average molecular weight is 356 g/mol. The van der Waals surface area contributed by atoms with E-state index in [0.29, 0.717) is 18.1 Å². The zero-order valence-corrected chi connectivity index (χ0v) is 12.8. The molecule has 0 bridgehead atoms. The summed E-state index contributed by atoms with van der Waals surface area (Å²) in [6.07, 6.45) is 0. The van der Waals surface area contributed by atoms with Crippen LogP contribution in [0.5, 0.6) is 0 Å². The molecule has 1 N–H and O–H groups in total. The average Bonchev–Trinajstić information content (AvgIpc) is 2.43. The van der Waals surface area contributed by atoms with Crippen molar-refractivity contribution in [3.63, 3.8) is 0 Å². The third-order valence-corrected chi connectivity index (χ3v) is 3.81. The molecule has 0 spiro atoms. The lowest BCUT2D eigenvalue weighted by Crippen LogP contribution is -2.13. The van der Waals surface area contributed by atoms with Gasteiger partial charge in [-0.1, -0.05) is 39.7 Å². The second kappa shape index (κ2) is 6.83. The molecule has 0 aliphatic carbocycles. The summed E-state index contributed by atoms with van der Waals surface area (Å²) in [4.78, 5) is 10.2. The van der Waals surface area contributed by atoms with Gasteiger partial charge in [0.2, 0.25) is 0 Å². The Morgan fingerprint density at radius 2 is 1.85 bits per heavy atom. The monoisotopic (exact) mass is 354 g/mol. The minimum Gasteiger partial charge on any atom is -0.309 e. The van der Waals surface area contributed by atoms with Gasteiger partial charge in [-0.2, -0.15) is 0 Å². The summed E-state index contributed by atoms with van der Waals surface area (Å²) in [6.45, 7) is 1.30. The van der Waals surface area contributed by atoms with Crippen LogP contribution >= 0.6 is 27.5 Å². The highest BCUT2D eigenvalue weighted by atomic mass is 79.9. The maximum Gasteiger partial charge on any atom is 0.269 e. The molecular weight excluding hydrogens is 344 g/mol. The molecule has 2 aromatic rings. The first-order chi connectivity index (χ1) is 9.56. The molecule has 4 nitrogen and oxygen atoms in total. The summed E-state index contributed by atoms with van der Waals surface area (Å²) in [5.41, 5.74) is 2.17. The van der Waals surface area contributed by atoms with Crippen molar-refractivity contribution in [2.45, 2.75) is 13.1 Å². The first kappa shape index (κ1) is 15.0. The third-order valence-electron chi connectivity index (χ3n) is 2.80. The Bertz CT molecular complexity index is 617. The molecule has 20 heavy (non-hydrogen) atoms. The van der Waals surface area contributed by atoms with Gasteiger partial charge in [-0.25, -0.2) is 0 Å². The van der Waals surface area contributed by atoms with Crippen LogP contribution in [0.2, 0.25) is 5.02 Å². The van der Waals surface area contributed by atoms with Gasteiger partial charge in [-0.15, -0.1) is 0 Å². The van der Waals surface area contributed by atoms with Gasteiger partial charge < -0.3 is 5.32 Å². The van der Waals surface area contributed by atoms with Crippen LogP contribution in [0.25, 0.3) is 0 Å². The summed E-state index contributed by atoms with van der Waals surface area (Å²) in [7, 11) is 0. The van der Waals surface area contributed by atoms with Crippen LogP contribution in [0.1, 0.15) is 11.1 Å². The van der Waals surface area contributed by atoms with Crippen molar-refractivity contribution in [1.82, 2.24) is 5.32 Å². The Balaban J connectivity index is 1.92. The second-order valence-corrected chi connectivity index (χ2v) is 5.55. The van der Waals surface area contributed by atoms with E-state index >= 15 is 0 Å².